The van der Waals surface area contributed by atoms with Crippen LogP contribution in [0, 0.1) is 0 Å². The first-order chi connectivity index (χ1) is 8.86. The van der Waals surface area contributed by atoms with Crippen molar-refractivity contribution in [2.24, 2.45) is 5.84 Å². The maximum Gasteiger partial charge on any atom is 0.140 e. The van der Waals surface area contributed by atoms with E-state index < -0.39 is 0 Å². The fraction of sp³-hybridized carbons (Fsp3) is 0.0769. The van der Waals surface area contributed by atoms with E-state index in [1.54, 1.807) is 0 Å². The van der Waals surface area contributed by atoms with Crippen molar-refractivity contribution in [3.8, 4) is 0 Å². The van der Waals surface area contributed by atoms with Gasteiger partial charge in [0, 0.05) is 5.39 Å². The first kappa shape index (κ1) is 10.7. The van der Waals surface area contributed by atoms with Crippen LogP contribution in [0.25, 0.3) is 10.9 Å². The van der Waals surface area contributed by atoms with Crippen LogP contribution in [-0.4, -0.2) is 14.8 Å². The summed E-state index contributed by atoms with van der Waals surface area (Å²) in [6.45, 7) is 0.628. The minimum atomic E-state index is 0.628. The number of nitrogens with one attached hydrogen (secondary N) is 1. The van der Waals surface area contributed by atoms with Gasteiger partial charge in [-0.15, -0.1) is 0 Å². The summed E-state index contributed by atoms with van der Waals surface area (Å²) in [7, 11) is 0. The second-order valence-electron chi connectivity index (χ2n) is 4.02. The molecule has 0 aliphatic rings. The van der Waals surface area contributed by atoms with Crippen molar-refractivity contribution in [3.63, 3.8) is 0 Å². The monoisotopic (exact) mass is 239 g/mol. The van der Waals surface area contributed by atoms with E-state index >= 15 is 0 Å². The van der Waals surface area contributed by atoms with E-state index in [0.717, 1.165) is 16.6 Å². The number of hydrogen-bond acceptors (Lipinski definition) is 4. The lowest BCUT2D eigenvalue weighted by molar-refractivity contribution is 0.697. The van der Waals surface area contributed by atoms with Crippen molar-refractivity contribution in [1.82, 2.24) is 14.8 Å². The summed E-state index contributed by atoms with van der Waals surface area (Å²) >= 11 is 0. The van der Waals surface area contributed by atoms with Crippen molar-refractivity contribution in [1.29, 1.82) is 0 Å². The zero-order valence-corrected chi connectivity index (χ0v) is 9.74. The molecule has 5 heteroatoms. The fourth-order valence-corrected chi connectivity index (χ4v) is 1.95. The number of para-hydroxylation sites is 1. The Balaban J connectivity index is 1.96. The van der Waals surface area contributed by atoms with Gasteiger partial charge in [0.2, 0.25) is 0 Å². The molecule has 0 saturated carbocycles. The Hall–Kier alpha value is -2.40. The maximum absolute atomic E-state index is 5.35. The Morgan fingerprint density at radius 3 is 2.89 bits per heavy atom. The van der Waals surface area contributed by atoms with Crippen LogP contribution < -0.4 is 11.3 Å². The van der Waals surface area contributed by atoms with Crippen LogP contribution in [0.5, 0.6) is 0 Å². The molecule has 2 aromatic heterocycles. The minimum Gasteiger partial charge on any atom is -0.308 e. The highest BCUT2D eigenvalue weighted by Crippen LogP contribution is 2.14. The molecule has 3 rings (SSSR count). The van der Waals surface area contributed by atoms with Gasteiger partial charge in [-0.2, -0.15) is 5.10 Å². The highest BCUT2D eigenvalue weighted by molar-refractivity contribution is 5.78. The molecule has 0 spiro atoms. The quantitative estimate of drug-likeness (QED) is 0.540. The fourth-order valence-electron chi connectivity index (χ4n) is 1.95. The summed E-state index contributed by atoms with van der Waals surface area (Å²) in [5.74, 6) is 6.00. The van der Waals surface area contributed by atoms with Gasteiger partial charge in [-0.25, -0.2) is 10.8 Å². The van der Waals surface area contributed by atoms with E-state index in [9.17, 15) is 0 Å². The van der Waals surface area contributed by atoms with Crippen LogP contribution in [0.2, 0.25) is 0 Å². The number of hydrogen-bond donors (Lipinski definition) is 2. The molecule has 0 aliphatic carbocycles. The van der Waals surface area contributed by atoms with E-state index in [1.807, 2.05) is 53.3 Å². The Bertz CT molecular complexity index is 674. The average molecular weight is 239 g/mol. The Morgan fingerprint density at radius 2 is 2.00 bits per heavy atom. The number of rotatable bonds is 3. The molecule has 18 heavy (non-hydrogen) atoms. The second kappa shape index (κ2) is 4.46. The third kappa shape index (κ3) is 1.91. The predicted molar refractivity (Wildman–Crippen MR) is 70.9 cm³/mol. The lowest BCUT2D eigenvalue weighted by atomic mass is 10.2. The van der Waals surface area contributed by atoms with Crippen molar-refractivity contribution in [2.75, 3.05) is 5.43 Å². The normalized spacial score (nSPS) is 10.7. The van der Waals surface area contributed by atoms with Gasteiger partial charge < -0.3 is 5.43 Å². The molecule has 3 aromatic rings. The van der Waals surface area contributed by atoms with Crippen LogP contribution in [-0.2, 0) is 6.54 Å². The lowest BCUT2D eigenvalue weighted by Gasteiger charge is -2.05. The van der Waals surface area contributed by atoms with Gasteiger partial charge in [0.05, 0.1) is 24.0 Å². The van der Waals surface area contributed by atoms with Gasteiger partial charge in [0.1, 0.15) is 5.82 Å². The predicted octanol–water partition coefficient (Wildman–Crippen LogP) is 1.77. The summed E-state index contributed by atoms with van der Waals surface area (Å²) in [6, 6.07) is 13.8. The zero-order valence-electron chi connectivity index (χ0n) is 9.74. The molecular weight excluding hydrogens is 226 g/mol. The van der Waals surface area contributed by atoms with Gasteiger partial charge in [-0.1, -0.05) is 24.3 Å². The van der Waals surface area contributed by atoms with Gasteiger partial charge in [-0.05, 0) is 18.2 Å². The molecule has 2 heterocycles. The summed E-state index contributed by atoms with van der Waals surface area (Å²) in [5, 5.41) is 5.50. The summed E-state index contributed by atoms with van der Waals surface area (Å²) < 4.78 is 1.93. The smallest absolute Gasteiger partial charge is 0.140 e. The number of nitrogen functional groups attached to an aromatic ring is 1. The van der Waals surface area contributed by atoms with E-state index in [1.165, 1.54) is 0 Å². The SMILES string of the molecule is NNc1cccc(Cn2ncc3ccccc32)n1. The Morgan fingerprint density at radius 1 is 1.11 bits per heavy atom. The largest absolute Gasteiger partial charge is 0.308 e. The number of benzene rings is 1. The highest BCUT2D eigenvalue weighted by atomic mass is 15.3. The number of hydrazine groups is 1. The first-order valence-electron chi connectivity index (χ1n) is 5.70. The lowest BCUT2D eigenvalue weighted by Crippen LogP contribution is -2.10. The third-order valence-electron chi connectivity index (χ3n) is 2.82. The van der Waals surface area contributed by atoms with Crippen LogP contribution in [0.15, 0.2) is 48.7 Å². The summed E-state index contributed by atoms with van der Waals surface area (Å²) in [4.78, 5) is 4.38. The zero-order chi connectivity index (χ0) is 12.4. The molecule has 3 N–H and O–H groups in total. The van der Waals surface area contributed by atoms with Gasteiger partial charge in [-0.3, -0.25) is 4.68 Å². The molecule has 0 fully saturated rings. The first-order valence-corrected chi connectivity index (χ1v) is 5.70. The number of aromatic nitrogens is 3. The minimum absolute atomic E-state index is 0.628. The average Bonchev–Trinajstić information content (AvgIpc) is 2.83. The number of nitrogens with two attached hydrogens (primary N) is 1. The standard InChI is InChI=1S/C13H13N5/c14-17-13-7-3-5-11(16-13)9-18-12-6-2-1-4-10(12)8-15-18/h1-8H,9,14H2,(H,16,17). The molecule has 90 valence electrons. The van der Waals surface area contributed by atoms with Crippen LogP contribution in [0.1, 0.15) is 5.69 Å². The molecule has 0 radical (unpaired) electrons. The molecule has 1 aromatic carbocycles. The molecule has 0 atom stereocenters. The number of pyridine rings is 1. The summed E-state index contributed by atoms with van der Waals surface area (Å²) in [5.41, 5.74) is 4.56. The van der Waals surface area contributed by atoms with Crippen LogP contribution in [0.4, 0.5) is 5.82 Å². The molecule has 0 saturated heterocycles. The molecular formula is C13H13N5. The van der Waals surface area contributed by atoms with Crippen LogP contribution in [0.3, 0.4) is 0 Å². The summed E-state index contributed by atoms with van der Waals surface area (Å²) in [6.07, 6.45) is 1.86. The third-order valence-corrected chi connectivity index (χ3v) is 2.82. The number of nitrogens with zero attached hydrogens (tertiary/aromatic N) is 3. The van der Waals surface area contributed by atoms with E-state index in [0.29, 0.717) is 12.4 Å². The van der Waals surface area contributed by atoms with Crippen molar-refractivity contribution >= 4 is 16.7 Å². The van der Waals surface area contributed by atoms with Crippen molar-refractivity contribution in [2.45, 2.75) is 6.54 Å². The van der Waals surface area contributed by atoms with Crippen molar-refractivity contribution in [3.05, 3.63) is 54.4 Å². The Labute approximate surface area is 104 Å². The number of fused-ring (bicyclic) bond motifs is 1. The molecule has 0 unspecified atom stereocenters. The van der Waals surface area contributed by atoms with Gasteiger partial charge in [0.25, 0.3) is 0 Å². The second-order valence-corrected chi connectivity index (χ2v) is 4.02. The topological polar surface area (TPSA) is 68.8 Å². The molecule has 5 nitrogen and oxygen atoms in total. The van der Waals surface area contributed by atoms with Crippen molar-refractivity contribution < 1.29 is 0 Å². The van der Waals surface area contributed by atoms with Crippen LogP contribution >= 0.6 is 0 Å². The Kier molecular flexibility index (Phi) is 2.66. The molecule has 0 aliphatic heterocycles. The van der Waals surface area contributed by atoms with Gasteiger partial charge >= 0.3 is 0 Å². The highest BCUT2D eigenvalue weighted by Gasteiger charge is 2.03. The maximum atomic E-state index is 5.35. The van der Waals surface area contributed by atoms with Gasteiger partial charge in [0.15, 0.2) is 0 Å². The van der Waals surface area contributed by atoms with E-state index in [2.05, 4.69) is 15.5 Å². The number of anilines is 1. The molecule has 0 bridgehead atoms. The van der Waals surface area contributed by atoms with E-state index in [-0.39, 0.29) is 0 Å². The van der Waals surface area contributed by atoms with E-state index in [4.69, 9.17) is 5.84 Å². The molecule has 0 amide bonds.